The number of ether oxygens (including phenoxy) is 2. The minimum Gasteiger partial charge on any atom is -0.394 e. The minimum absolute atomic E-state index is 0.00931. The maximum atomic E-state index is 13.1. The van der Waals surface area contributed by atoms with E-state index in [1.165, 1.54) is 6.92 Å². The molecule has 0 bridgehead atoms. The number of hydrogen-bond acceptors (Lipinski definition) is 8. The average molecular weight is 599 g/mol. The van der Waals surface area contributed by atoms with Crippen molar-refractivity contribution < 1.29 is 39.4 Å². The first kappa shape index (κ1) is 31.5. The molecule has 1 saturated heterocycles. The van der Waals surface area contributed by atoms with E-state index in [-0.39, 0.29) is 25.9 Å². The van der Waals surface area contributed by atoms with Crippen molar-refractivity contribution in [2.45, 2.75) is 62.0 Å². The summed E-state index contributed by atoms with van der Waals surface area (Å²) in [5.41, 5.74) is -1.12. The Morgan fingerprint density at radius 2 is 1.18 bits per heavy atom. The first-order chi connectivity index (χ1) is 21.3. The van der Waals surface area contributed by atoms with Crippen molar-refractivity contribution in [1.82, 2.24) is 0 Å². The maximum Gasteiger partial charge on any atom is 0.339 e. The molecule has 4 aromatic rings. The van der Waals surface area contributed by atoms with Crippen molar-refractivity contribution >= 4 is 5.97 Å². The lowest BCUT2D eigenvalue weighted by molar-refractivity contribution is -0.502. The van der Waals surface area contributed by atoms with E-state index < -0.39 is 41.8 Å². The predicted octanol–water partition coefficient (Wildman–Crippen LogP) is 4.34. The molecule has 0 spiro atoms. The predicted molar refractivity (Wildman–Crippen MR) is 163 cm³/mol. The van der Waals surface area contributed by atoms with Crippen LogP contribution in [0, 0.1) is 0 Å². The van der Waals surface area contributed by atoms with Gasteiger partial charge in [-0.3, -0.25) is 4.89 Å². The minimum atomic E-state index is -2.15. The van der Waals surface area contributed by atoms with Crippen LogP contribution in [0.15, 0.2) is 121 Å². The Morgan fingerprint density at radius 3 is 1.66 bits per heavy atom. The van der Waals surface area contributed by atoms with Gasteiger partial charge >= 0.3 is 5.97 Å². The summed E-state index contributed by atoms with van der Waals surface area (Å²) in [6, 6.07) is 37.2. The Kier molecular flexibility index (Phi) is 9.90. The molecule has 0 amide bonds. The van der Waals surface area contributed by atoms with Crippen LogP contribution in [0.5, 0.6) is 0 Å². The summed E-state index contributed by atoms with van der Waals surface area (Å²) in [5, 5.41) is 35.6. The van der Waals surface area contributed by atoms with Crippen LogP contribution in [-0.4, -0.2) is 57.1 Å². The normalized spacial score (nSPS) is 26.6. The van der Waals surface area contributed by atoms with Crippen molar-refractivity contribution in [3.05, 3.63) is 144 Å². The van der Waals surface area contributed by atoms with Crippen molar-refractivity contribution in [1.29, 1.82) is 0 Å². The first-order valence-electron chi connectivity index (χ1n) is 14.7. The molecule has 1 fully saturated rings. The third-order valence-electron chi connectivity index (χ3n) is 8.19. The smallest absolute Gasteiger partial charge is 0.339 e. The topological polar surface area (TPSA) is 115 Å². The summed E-state index contributed by atoms with van der Waals surface area (Å²) < 4.78 is 13.4. The third-order valence-corrected chi connectivity index (χ3v) is 8.19. The van der Waals surface area contributed by atoms with Gasteiger partial charge in [0, 0.05) is 26.2 Å². The molecule has 1 aliphatic rings. The maximum absolute atomic E-state index is 13.1. The van der Waals surface area contributed by atoms with Gasteiger partial charge in [0.05, 0.1) is 13.2 Å². The van der Waals surface area contributed by atoms with Crippen molar-refractivity contribution in [2.75, 3.05) is 6.61 Å². The SMILES string of the molecule is CC(=O)OOC1(Cc2ccccc2)O[C@H](CO)[C@@H](O)[C@@](O)(Cc2ccccc2)[C@]1(Cc1ccccc1)OCc1ccccc1. The van der Waals surface area contributed by atoms with E-state index in [0.717, 1.165) is 16.7 Å². The van der Waals surface area contributed by atoms with Crippen molar-refractivity contribution in [3.63, 3.8) is 0 Å². The summed E-state index contributed by atoms with van der Waals surface area (Å²) >= 11 is 0. The van der Waals surface area contributed by atoms with Gasteiger partial charge in [-0.2, -0.15) is 0 Å². The van der Waals surface area contributed by atoms with E-state index in [1.807, 2.05) is 121 Å². The molecule has 0 aliphatic carbocycles. The molecule has 3 N–H and O–H groups in total. The van der Waals surface area contributed by atoms with Crippen LogP contribution in [0.1, 0.15) is 29.2 Å². The number of carbonyl (C=O) groups is 1. The molecule has 5 atom stereocenters. The molecular formula is C36H38O8. The first-order valence-corrected chi connectivity index (χ1v) is 14.7. The molecule has 0 saturated carbocycles. The van der Waals surface area contributed by atoms with Crippen LogP contribution in [0.4, 0.5) is 0 Å². The Hall–Kier alpha value is -3.89. The van der Waals surface area contributed by atoms with Gasteiger partial charge < -0.3 is 24.8 Å². The zero-order valence-corrected chi connectivity index (χ0v) is 24.6. The van der Waals surface area contributed by atoms with Gasteiger partial charge in [0.25, 0.3) is 5.79 Å². The number of hydrogen-bond donors (Lipinski definition) is 3. The summed E-state index contributed by atoms with van der Waals surface area (Å²) in [5.74, 6) is -2.81. The Bertz CT molecular complexity index is 1470. The molecule has 1 heterocycles. The lowest BCUT2D eigenvalue weighted by atomic mass is 9.63. The molecule has 0 radical (unpaired) electrons. The number of carbonyl (C=O) groups excluding carboxylic acids is 1. The van der Waals surface area contributed by atoms with Gasteiger partial charge in [0.2, 0.25) is 0 Å². The number of aliphatic hydroxyl groups is 3. The fourth-order valence-electron chi connectivity index (χ4n) is 6.10. The molecule has 8 nitrogen and oxygen atoms in total. The highest BCUT2D eigenvalue weighted by atomic mass is 17.2. The quantitative estimate of drug-likeness (QED) is 0.163. The van der Waals surface area contributed by atoms with E-state index >= 15 is 0 Å². The van der Waals surface area contributed by atoms with Crippen LogP contribution >= 0.6 is 0 Å². The van der Waals surface area contributed by atoms with Gasteiger partial charge in [-0.1, -0.05) is 121 Å². The summed E-state index contributed by atoms with van der Waals surface area (Å²) in [6.45, 7) is 0.528. The van der Waals surface area contributed by atoms with Gasteiger partial charge in [0.1, 0.15) is 17.8 Å². The molecule has 8 heteroatoms. The van der Waals surface area contributed by atoms with E-state index in [1.54, 1.807) is 0 Å². The number of rotatable bonds is 12. The van der Waals surface area contributed by atoms with Gasteiger partial charge in [-0.05, 0) is 22.3 Å². The lowest BCUT2D eigenvalue weighted by Gasteiger charge is -2.61. The zero-order chi connectivity index (χ0) is 31.0. The second-order valence-electron chi connectivity index (χ2n) is 11.2. The summed E-state index contributed by atoms with van der Waals surface area (Å²) in [7, 11) is 0. The molecule has 1 aliphatic heterocycles. The highest BCUT2D eigenvalue weighted by molar-refractivity contribution is 5.65. The molecule has 5 rings (SSSR count). The molecular weight excluding hydrogens is 560 g/mol. The van der Waals surface area contributed by atoms with Crippen LogP contribution in [0.3, 0.4) is 0 Å². The molecule has 230 valence electrons. The van der Waals surface area contributed by atoms with Crippen molar-refractivity contribution in [3.8, 4) is 0 Å². The monoisotopic (exact) mass is 598 g/mol. The van der Waals surface area contributed by atoms with Crippen LogP contribution in [0.2, 0.25) is 0 Å². The van der Waals surface area contributed by atoms with E-state index in [0.29, 0.717) is 5.56 Å². The molecule has 44 heavy (non-hydrogen) atoms. The lowest BCUT2D eigenvalue weighted by Crippen LogP contribution is -2.82. The van der Waals surface area contributed by atoms with Crippen LogP contribution in [-0.2, 0) is 49.9 Å². The van der Waals surface area contributed by atoms with E-state index in [4.69, 9.17) is 19.2 Å². The van der Waals surface area contributed by atoms with Gasteiger partial charge in [-0.25, -0.2) is 4.79 Å². The average Bonchev–Trinajstić information content (AvgIpc) is 3.05. The highest BCUT2D eigenvalue weighted by Gasteiger charge is 2.74. The summed E-state index contributed by atoms with van der Waals surface area (Å²) in [6.07, 6.45) is -3.16. The molecule has 0 aromatic heterocycles. The highest BCUT2D eigenvalue weighted by Crippen LogP contribution is 2.53. The Balaban J connectivity index is 1.79. The van der Waals surface area contributed by atoms with E-state index in [9.17, 15) is 20.1 Å². The largest absolute Gasteiger partial charge is 0.394 e. The van der Waals surface area contributed by atoms with Gasteiger partial charge in [-0.15, -0.1) is 4.89 Å². The second kappa shape index (κ2) is 13.8. The van der Waals surface area contributed by atoms with Crippen LogP contribution in [0.25, 0.3) is 0 Å². The Labute approximate surface area is 257 Å². The second-order valence-corrected chi connectivity index (χ2v) is 11.2. The third kappa shape index (κ3) is 6.46. The van der Waals surface area contributed by atoms with Crippen molar-refractivity contribution in [2.24, 2.45) is 0 Å². The number of aliphatic hydroxyl groups excluding tert-OH is 2. The van der Waals surface area contributed by atoms with E-state index in [2.05, 4.69) is 0 Å². The standard InChI is InChI=1S/C36H38O8/c1-27(38)43-44-36(24-30-18-10-4-11-19-30)35(23-29-16-8-3-9-17-29,41-26-31-20-12-5-13-21-31)34(40,33(39)32(25-37)42-36)22-28-14-6-2-7-15-28/h2-21,32-33,37,39-40H,22-26H2,1H3/t32-,33-,34+,35+,36?/m1/s1. The summed E-state index contributed by atoms with van der Waals surface area (Å²) in [4.78, 5) is 23.6. The molecule has 1 unspecified atom stereocenters. The Morgan fingerprint density at radius 1 is 0.727 bits per heavy atom. The van der Waals surface area contributed by atoms with Crippen LogP contribution < -0.4 is 0 Å². The fraction of sp³-hybridized carbons (Fsp3) is 0.306. The fourth-order valence-corrected chi connectivity index (χ4v) is 6.10. The van der Waals surface area contributed by atoms with Gasteiger partial charge in [0.15, 0.2) is 5.60 Å². The zero-order valence-electron chi connectivity index (χ0n) is 24.6. The molecule has 4 aromatic carbocycles. The number of benzene rings is 4.